The third kappa shape index (κ3) is 3.48. The van der Waals surface area contributed by atoms with Gasteiger partial charge in [0.05, 0.1) is 0 Å². The summed E-state index contributed by atoms with van der Waals surface area (Å²) in [4.78, 5) is 18.3. The van der Waals surface area contributed by atoms with Crippen LogP contribution in [0.1, 0.15) is 53.6 Å². The first-order valence-corrected chi connectivity index (χ1v) is 11.7. The zero-order chi connectivity index (χ0) is 20.3. The fraction of sp³-hybridized carbons (Fsp3) is 0.458. The second-order valence-corrected chi connectivity index (χ2v) is 8.67. The molecule has 0 bridgehead atoms. The van der Waals surface area contributed by atoms with E-state index >= 15 is 0 Å². The molecule has 0 unspecified atom stereocenters. The maximum atomic E-state index is 13.8. The van der Waals surface area contributed by atoms with Crippen LogP contribution >= 0.6 is 23.2 Å². The average Bonchev–Trinajstić information content (AvgIpc) is 3.04. The number of carbonyl (C=O) groups is 1. The zero-order valence-electron chi connectivity index (χ0n) is 16.7. The van der Waals surface area contributed by atoms with Crippen LogP contribution in [-0.2, 0) is 5.66 Å². The van der Waals surface area contributed by atoms with Gasteiger partial charge in [-0.15, -0.1) is 23.2 Å². The molecule has 0 N–H and O–H groups in total. The molecule has 0 spiro atoms. The molecule has 1 heterocycles. The van der Waals surface area contributed by atoms with E-state index < -0.39 is 5.66 Å². The van der Waals surface area contributed by atoms with Crippen molar-refractivity contribution in [1.82, 2.24) is 9.80 Å². The molecule has 0 aromatic heterocycles. The normalized spacial score (nSPS) is 22.3. The topological polar surface area (TPSA) is 23.6 Å². The fourth-order valence-corrected chi connectivity index (χ4v) is 5.67. The molecule has 1 amide bonds. The van der Waals surface area contributed by atoms with Gasteiger partial charge in [-0.1, -0.05) is 67.8 Å². The second-order valence-electron chi connectivity index (χ2n) is 7.92. The Kier molecular flexibility index (Phi) is 6.48. The molecule has 29 heavy (non-hydrogen) atoms. The first-order valence-electron chi connectivity index (χ1n) is 10.6. The molecule has 1 saturated carbocycles. The van der Waals surface area contributed by atoms with Gasteiger partial charge in [-0.05, 0) is 24.5 Å². The molecule has 1 fully saturated rings. The summed E-state index contributed by atoms with van der Waals surface area (Å²) in [6.45, 7) is 1.32. The summed E-state index contributed by atoms with van der Waals surface area (Å²) in [7, 11) is 0. The van der Waals surface area contributed by atoms with Crippen molar-refractivity contribution in [3.8, 4) is 0 Å². The molecule has 2 aromatic rings. The summed E-state index contributed by atoms with van der Waals surface area (Å²) in [6, 6.07) is 18.7. The van der Waals surface area contributed by atoms with Crippen molar-refractivity contribution in [3.63, 3.8) is 0 Å². The third-order valence-electron chi connectivity index (χ3n) is 6.38. The SMILES string of the molecule is O=C1c2ccccc2[C@](c2ccccc2)(N(CCCl)CCCl)N1C1CCCCC1. The Balaban J connectivity index is 1.98. The van der Waals surface area contributed by atoms with E-state index in [4.69, 9.17) is 23.2 Å². The van der Waals surface area contributed by atoms with Crippen LogP contribution in [0.2, 0.25) is 0 Å². The molecule has 1 atom stereocenters. The maximum absolute atomic E-state index is 13.8. The van der Waals surface area contributed by atoms with Crippen LogP contribution in [0.3, 0.4) is 0 Å². The lowest BCUT2D eigenvalue weighted by Gasteiger charge is -2.51. The Labute approximate surface area is 183 Å². The van der Waals surface area contributed by atoms with E-state index in [9.17, 15) is 4.79 Å². The number of hydrogen-bond acceptors (Lipinski definition) is 2. The summed E-state index contributed by atoms with van der Waals surface area (Å²) in [5.74, 6) is 1.10. The lowest BCUT2D eigenvalue weighted by atomic mass is 9.85. The van der Waals surface area contributed by atoms with Gasteiger partial charge in [0.25, 0.3) is 5.91 Å². The lowest BCUT2D eigenvalue weighted by molar-refractivity contribution is -0.0321. The summed E-state index contributed by atoms with van der Waals surface area (Å²) in [5.41, 5.74) is 2.30. The summed E-state index contributed by atoms with van der Waals surface area (Å²) >= 11 is 12.5. The van der Waals surface area contributed by atoms with Gasteiger partial charge in [0.15, 0.2) is 0 Å². The number of nitrogens with zero attached hydrogens (tertiary/aromatic N) is 2. The minimum atomic E-state index is -0.666. The van der Waals surface area contributed by atoms with Crippen molar-refractivity contribution >= 4 is 29.1 Å². The van der Waals surface area contributed by atoms with Crippen LogP contribution in [0.25, 0.3) is 0 Å². The lowest BCUT2D eigenvalue weighted by Crippen LogP contribution is -2.61. The standard InChI is InChI=1S/C24H28Cl2N2O/c25-15-17-27(18-16-26)24(19-9-3-1-4-10-19)22-14-8-7-13-21(22)23(29)28(24)20-11-5-2-6-12-20/h1,3-4,7-10,13-14,20H,2,5-6,11-12,15-18H2/t24-/m1/s1. The molecule has 0 radical (unpaired) electrons. The highest BCUT2D eigenvalue weighted by atomic mass is 35.5. The van der Waals surface area contributed by atoms with Crippen LogP contribution in [0.5, 0.6) is 0 Å². The van der Waals surface area contributed by atoms with Crippen molar-refractivity contribution in [3.05, 3.63) is 71.3 Å². The third-order valence-corrected chi connectivity index (χ3v) is 6.72. The van der Waals surface area contributed by atoms with Gasteiger partial charge in [0.2, 0.25) is 0 Å². The van der Waals surface area contributed by atoms with E-state index in [0.29, 0.717) is 24.8 Å². The van der Waals surface area contributed by atoms with Gasteiger partial charge in [0, 0.05) is 42.0 Å². The predicted molar refractivity (Wildman–Crippen MR) is 120 cm³/mol. The number of benzene rings is 2. The number of rotatable bonds is 7. The Bertz CT molecular complexity index is 832. The fourth-order valence-electron chi connectivity index (χ4n) is 5.26. The van der Waals surface area contributed by atoms with E-state index in [-0.39, 0.29) is 11.9 Å². The monoisotopic (exact) mass is 430 g/mol. The Morgan fingerprint density at radius 3 is 2.17 bits per heavy atom. The number of halogens is 2. The van der Waals surface area contributed by atoms with Gasteiger partial charge < -0.3 is 4.90 Å². The Morgan fingerprint density at radius 1 is 0.897 bits per heavy atom. The highest BCUT2D eigenvalue weighted by molar-refractivity contribution is 6.18. The number of amides is 1. The molecule has 1 aliphatic carbocycles. The number of carbonyl (C=O) groups excluding carboxylic acids is 1. The smallest absolute Gasteiger partial charge is 0.256 e. The molecule has 0 saturated heterocycles. The summed E-state index contributed by atoms with van der Waals surface area (Å²) < 4.78 is 0. The van der Waals surface area contributed by atoms with Crippen LogP contribution in [0.4, 0.5) is 0 Å². The van der Waals surface area contributed by atoms with E-state index in [1.165, 1.54) is 19.3 Å². The van der Waals surface area contributed by atoms with Crippen molar-refractivity contribution in [2.45, 2.75) is 43.8 Å². The number of fused-ring (bicyclic) bond motifs is 1. The molecule has 154 valence electrons. The van der Waals surface area contributed by atoms with Gasteiger partial charge in [0.1, 0.15) is 5.66 Å². The first-order chi connectivity index (χ1) is 14.2. The average molecular weight is 431 g/mol. The largest absolute Gasteiger partial charge is 0.309 e. The van der Waals surface area contributed by atoms with Crippen LogP contribution in [0.15, 0.2) is 54.6 Å². The molecule has 1 aliphatic heterocycles. The van der Waals surface area contributed by atoms with Crippen LogP contribution in [0, 0.1) is 0 Å². The molecular formula is C24H28Cl2N2O. The van der Waals surface area contributed by atoms with Crippen molar-refractivity contribution in [2.75, 3.05) is 24.8 Å². The Hall–Kier alpha value is -1.55. The van der Waals surface area contributed by atoms with Gasteiger partial charge in [-0.2, -0.15) is 0 Å². The number of hydrogen-bond donors (Lipinski definition) is 0. The molecule has 5 heteroatoms. The highest BCUT2D eigenvalue weighted by Crippen LogP contribution is 2.49. The molecule has 2 aromatic carbocycles. The summed E-state index contributed by atoms with van der Waals surface area (Å²) in [6.07, 6.45) is 5.67. The minimum absolute atomic E-state index is 0.130. The van der Waals surface area contributed by atoms with Gasteiger partial charge in [-0.25, -0.2) is 0 Å². The highest BCUT2D eigenvalue weighted by Gasteiger charge is 2.56. The molecular weight excluding hydrogens is 403 g/mol. The molecule has 3 nitrogen and oxygen atoms in total. The van der Waals surface area contributed by atoms with Crippen molar-refractivity contribution in [1.29, 1.82) is 0 Å². The minimum Gasteiger partial charge on any atom is -0.309 e. The zero-order valence-corrected chi connectivity index (χ0v) is 18.2. The van der Waals surface area contributed by atoms with Crippen molar-refractivity contribution < 1.29 is 4.79 Å². The number of alkyl halides is 2. The van der Waals surface area contributed by atoms with E-state index in [1.54, 1.807) is 0 Å². The van der Waals surface area contributed by atoms with E-state index in [0.717, 1.165) is 29.5 Å². The van der Waals surface area contributed by atoms with Crippen molar-refractivity contribution in [2.24, 2.45) is 0 Å². The summed E-state index contributed by atoms with van der Waals surface area (Å²) in [5, 5.41) is 0. The Morgan fingerprint density at radius 2 is 1.52 bits per heavy atom. The van der Waals surface area contributed by atoms with Gasteiger partial charge >= 0.3 is 0 Å². The maximum Gasteiger partial charge on any atom is 0.256 e. The second kappa shape index (κ2) is 9.07. The quantitative estimate of drug-likeness (QED) is 0.544. The molecule has 4 rings (SSSR count). The predicted octanol–water partition coefficient (Wildman–Crippen LogP) is 5.46. The first kappa shape index (κ1) is 20.7. The van der Waals surface area contributed by atoms with Crippen LogP contribution in [-0.4, -0.2) is 46.6 Å². The van der Waals surface area contributed by atoms with Gasteiger partial charge in [-0.3, -0.25) is 9.69 Å². The van der Waals surface area contributed by atoms with Crippen LogP contribution < -0.4 is 0 Å². The van der Waals surface area contributed by atoms with E-state index in [1.807, 2.05) is 24.3 Å². The van der Waals surface area contributed by atoms with E-state index in [2.05, 4.69) is 40.1 Å². The molecule has 2 aliphatic rings.